The Hall–Kier alpha value is -2.77. The molecule has 2 aromatic carbocycles. The Balaban J connectivity index is 1.95. The number of aromatic nitrogens is 1. The van der Waals surface area contributed by atoms with Gasteiger partial charge in [0.1, 0.15) is 0 Å². The number of anilines is 1. The number of para-hydroxylation sites is 1. The molecule has 0 aliphatic rings. The molecule has 3 aromatic rings. The molecule has 30 heavy (non-hydrogen) atoms. The molecule has 2 N–H and O–H groups in total. The monoisotopic (exact) mass is 447 g/mol. The van der Waals surface area contributed by atoms with Crippen LogP contribution in [0.5, 0.6) is 0 Å². The second kappa shape index (κ2) is 9.36. The molecule has 3 rings (SSSR count). The molecule has 0 atom stereocenters. The van der Waals surface area contributed by atoms with Crippen LogP contribution in [0.15, 0.2) is 76.7 Å². The van der Waals surface area contributed by atoms with Gasteiger partial charge in [0, 0.05) is 39.3 Å². The zero-order valence-corrected chi connectivity index (χ0v) is 17.4. The fourth-order valence-electron chi connectivity index (χ4n) is 2.63. The normalized spacial score (nSPS) is 11.6. The molecule has 0 radical (unpaired) electrons. The van der Waals surface area contributed by atoms with E-state index in [2.05, 4.69) is 10.3 Å². The largest absolute Gasteiger partial charge is 0.417 e. The minimum Gasteiger partial charge on any atom is -0.388 e. The van der Waals surface area contributed by atoms with Crippen LogP contribution in [0.1, 0.15) is 16.8 Å². The SMILES string of the molecule is CNc1ccccc1C(=N)/C=C/c1ncc(C(F)(F)F)cc1Sc1ccc(Cl)cc1. The molecular formula is C22H17ClF3N3S. The Bertz CT molecular complexity index is 1080. The van der Waals surface area contributed by atoms with Crippen LogP contribution in [-0.4, -0.2) is 17.7 Å². The molecule has 0 saturated heterocycles. The van der Waals surface area contributed by atoms with Gasteiger partial charge in [-0.3, -0.25) is 4.98 Å². The van der Waals surface area contributed by atoms with Gasteiger partial charge in [0.15, 0.2) is 0 Å². The smallest absolute Gasteiger partial charge is 0.388 e. The third-order valence-corrected chi connectivity index (χ3v) is 5.45. The minimum atomic E-state index is -4.50. The number of alkyl halides is 3. The van der Waals surface area contributed by atoms with Crippen LogP contribution in [0.3, 0.4) is 0 Å². The zero-order chi connectivity index (χ0) is 21.7. The summed E-state index contributed by atoms with van der Waals surface area (Å²) in [5.74, 6) is 0. The van der Waals surface area contributed by atoms with E-state index in [1.54, 1.807) is 43.5 Å². The van der Waals surface area contributed by atoms with Crippen LogP contribution < -0.4 is 5.32 Å². The highest BCUT2D eigenvalue weighted by atomic mass is 35.5. The summed E-state index contributed by atoms with van der Waals surface area (Å²) >= 11 is 7.04. The van der Waals surface area contributed by atoms with Gasteiger partial charge in [-0.15, -0.1) is 0 Å². The van der Waals surface area contributed by atoms with Crippen LogP contribution in [0.25, 0.3) is 6.08 Å². The van der Waals surface area contributed by atoms with Crippen LogP contribution >= 0.6 is 23.4 Å². The van der Waals surface area contributed by atoms with E-state index in [0.29, 0.717) is 21.2 Å². The molecule has 3 nitrogen and oxygen atoms in total. The average molecular weight is 448 g/mol. The van der Waals surface area contributed by atoms with Crippen molar-refractivity contribution < 1.29 is 13.2 Å². The summed E-state index contributed by atoms with van der Waals surface area (Å²) < 4.78 is 39.6. The third kappa shape index (κ3) is 5.43. The Morgan fingerprint density at radius 3 is 2.50 bits per heavy atom. The summed E-state index contributed by atoms with van der Waals surface area (Å²) in [6, 6.07) is 15.2. The Morgan fingerprint density at radius 2 is 1.83 bits per heavy atom. The van der Waals surface area contributed by atoms with Crippen molar-refractivity contribution >= 4 is 40.8 Å². The Kier molecular flexibility index (Phi) is 6.84. The van der Waals surface area contributed by atoms with Crippen molar-refractivity contribution in [2.24, 2.45) is 0 Å². The van der Waals surface area contributed by atoms with Crippen molar-refractivity contribution in [1.82, 2.24) is 4.98 Å². The minimum absolute atomic E-state index is 0.212. The van der Waals surface area contributed by atoms with Crippen molar-refractivity contribution in [2.45, 2.75) is 16.0 Å². The van der Waals surface area contributed by atoms with Crippen molar-refractivity contribution in [3.8, 4) is 0 Å². The van der Waals surface area contributed by atoms with E-state index in [0.717, 1.165) is 34.6 Å². The Labute approximate surface area is 181 Å². The number of pyridine rings is 1. The topological polar surface area (TPSA) is 48.8 Å². The molecule has 0 aliphatic heterocycles. The molecule has 0 fully saturated rings. The molecule has 8 heteroatoms. The first-order valence-electron chi connectivity index (χ1n) is 8.82. The maximum atomic E-state index is 13.2. The van der Waals surface area contributed by atoms with Gasteiger partial charge in [-0.2, -0.15) is 13.2 Å². The highest BCUT2D eigenvalue weighted by Crippen LogP contribution is 2.36. The molecule has 1 heterocycles. The molecule has 0 saturated carbocycles. The summed E-state index contributed by atoms with van der Waals surface area (Å²) in [4.78, 5) is 5.06. The van der Waals surface area contributed by atoms with E-state index in [-0.39, 0.29) is 5.71 Å². The number of hydrogen-bond donors (Lipinski definition) is 2. The number of hydrogen-bond acceptors (Lipinski definition) is 4. The van der Waals surface area contributed by atoms with E-state index in [1.807, 2.05) is 18.2 Å². The predicted octanol–water partition coefficient (Wildman–Crippen LogP) is 7.03. The first-order valence-corrected chi connectivity index (χ1v) is 10.0. The lowest BCUT2D eigenvalue weighted by molar-refractivity contribution is -0.138. The van der Waals surface area contributed by atoms with Gasteiger partial charge < -0.3 is 10.7 Å². The van der Waals surface area contributed by atoms with Gasteiger partial charge >= 0.3 is 6.18 Å². The fourth-order valence-corrected chi connectivity index (χ4v) is 3.70. The summed E-state index contributed by atoms with van der Waals surface area (Å²) in [5.41, 5.74) is 1.18. The first-order chi connectivity index (χ1) is 14.3. The molecule has 154 valence electrons. The van der Waals surface area contributed by atoms with Gasteiger partial charge in [-0.25, -0.2) is 0 Å². The van der Waals surface area contributed by atoms with Crippen molar-refractivity contribution in [3.05, 3.63) is 88.7 Å². The third-order valence-electron chi connectivity index (χ3n) is 4.14. The maximum absolute atomic E-state index is 13.2. The van der Waals surface area contributed by atoms with Crippen molar-refractivity contribution in [2.75, 3.05) is 12.4 Å². The second-order valence-electron chi connectivity index (χ2n) is 6.20. The zero-order valence-electron chi connectivity index (χ0n) is 15.8. The number of benzene rings is 2. The lowest BCUT2D eigenvalue weighted by atomic mass is 10.1. The predicted molar refractivity (Wildman–Crippen MR) is 117 cm³/mol. The van der Waals surface area contributed by atoms with Gasteiger partial charge in [-0.1, -0.05) is 41.6 Å². The van der Waals surface area contributed by atoms with E-state index in [4.69, 9.17) is 17.0 Å². The van der Waals surface area contributed by atoms with Crippen LogP contribution in [0.2, 0.25) is 5.02 Å². The summed E-state index contributed by atoms with van der Waals surface area (Å²) in [5, 5.41) is 11.9. The molecular weight excluding hydrogens is 431 g/mol. The van der Waals surface area contributed by atoms with Crippen molar-refractivity contribution in [3.63, 3.8) is 0 Å². The molecule has 0 spiro atoms. The van der Waals surface area contributed by atoms with E-state index >= 15 is 0 Å². The van der Waals surface area contributed by atoms with Gasteiger partial charge in [0.05, 0.1) is 17.0 Å². The quantitative estimate of drug-likeness (QED) is 0.399. The number of rotatable bonds is 6. The first kappa shape index (κ1) is 21.9. The summed E-state index contributed by atoms with van der Waals surface area (Å²) in [6.07, 6.45) is -0.620. The number of allylic oxidation sites excluding steroid dienone is 1. The maximum Gasteiger partial charge on any atom is 0.417 e. The Morgan fingerprint density at radius 1 is 1.13 bits per heavy atom. The van der Waals surface area contributed by atoms with Gasteiger partial charge in [0.2, 0.25) is 0 Å². The van der Waals surface area contributed by atoms with Crippen LogP contribution in [0, 0.1) is 5.41 Å². The highest BCUT2D eigenvalue weighted by Gasteiger charge is 2.31. The molecule has 1 aromatic heterocycles. The molecule has 0 unspecified atom stereocenters. The van der Waals surface area contributed by atoms with Gasteiger partial charge in [-0.05, 0) is 48.6 Å². The second-order valence-corrected chi connectivity index (χ2v) is 7.76. The lowest BCUT2D eigenvalue weighted by Gasteiger charge is -2.11. The average Bonchev–Trinajstić information content (AvgIpc) is 2.73. The summed E-state index contributed by atoms with van der Waals surface area (Å²) in [6.45, 7) is 0. The number of nitrogens with zero attached hydrogens (tertiary/aromatic N) is 1. The summed E-state index contributed by atoms with van der Waals surface area (Å²) in [7, 11) is 1.76. The highest BCUT2D eigenvalue weighted by molar-refractivity contribution is 7.99. The van der Waals surface area contributed by atoms with E-state index < -0.39 is 11.7 Å². The standard InChI is InChI=1S/C22H17ClF3N3S/c1-28-19-5-3-2-4-17(19)18(27)10-11-20-21(12-14(13-29-20)22(24,25)26)30-16-8-6-15(23)7-9-16/h2-13,27-28H,1H3/b11-10+,27-18?. The van der Waals surface area contributed by atoms with E-state index in [9.17, 15) is 13.2 Å². The van der Waals surface area contributed by atoms with E-state index in [1.165, 1.54) is 6.08 Å². The molecule has 0 bridgehead atoms. The lowest BCUT2D eigenvalue weighted by Crippen LogP contribution is -2.06. The van der Waals surface area contributed by atoms with Crippen molar-refractivity contribution in [1.29, 1.82) is 5.41 Å². The number of nitrogens with one attached hydrogen (secondary N) is 2. The van der Waals surface area contributed by atoms with Crippen LogP contribution in [0.4, 0.5) is 18.9 Å². The van der Waals surface area contributed by atoms with Gasteiger partial charge in [0.25, 0.3) is 0 Å². The molecule has 0 aliphatic carbocycles. The number of halogens is 4. The fraction of sp³-hybridized carbons (Fsp3) is 0.0909. The van der Waals surface area contributed by atoms with Crippen LogP contribution in [-0.2, 0) is 6.18 Å². The molecule has 0 amide bonds.